The standard InChI is InChI=1S/C27H27N7O3/c1-2-24(35)29-19-4-3-5-22(16-19)34-25-23(33(27(34)36)21-10-11-21)17-28-26(31-25)30-18-6-8-20(9-7-18)32-12-14-37-15-13-32/h2-9,16-17,21H,1,10-15H2,(H,29,35)(H,28,30,31). The summed E-state index contributed by atoms with van der Waals surface area (Å²) in [6.45, 7) is 6.72. The summed E-state index contributed by atoms with van der Waals surface area (Å²) in [7, 11) is 0. The van der Waals surface area contributed by atoms with Gasteiger partial charge in [0, 0.05) is 36.2 Å². The predicted octanol–water partition coefficient (Wildman–Crippen LogP) is 3.62. The number of carbonyl (C=O) groups excluding carboxylic acids is 1. The molecular weight excluding hydrogens is 470 g/mol. The summed E-state index contributed by atoms with van der Waals surface area (Å²) < 4.78 is 8.78. The first kappa shape index (κ1) is 23.0. The van der Waals surface area contributed by atoms with E-state index in [-0.39, 0.29) is 17.6 Å². The van der Waals surface area contributed by atoms with E-state index in [1.807, 2.05) is 18.2 Å². The fourth-order valence-electron chi connectivity index (χ4n) is 4.60. The monoisotopic (exact) mass is 497 g/mol. The van der Waals surface area contributed by atoms with E-state index in [1.54, 1.807) is 33.5 Å². The number of aromatic nitrogens is 4. The fourth-order valence-corrected chi connectivity index (χ4v) is 4.60. The van der Waals surface area contributed by atoms with E-state index < -0.39 is 0 Å². The van der Waals surface area contributed by atoms with Crippen molar-refractivity contribution < 1.29 is 9.53 Å². The zero-order valence-corrected chi connectivity index (χ0v) is 20.3. The second-order valence-electron chi connectivity index (χ2n) is 9.14. The first-order valence-corrected chi connectivity index (χ1v) is 12.3. The van der Waals surface area contributed by atoms with E-state index in [0.717, 1.165) is 50.5 Å². The van der Waals surface area contributed by atoms with E-state index in [4.69, 9.17) is 9.72 Å². The van der Waals surface area contributed by atoms with Crippen molar-refractivity contribution in [2.45, 2.75) is 18.9 Å². The third-order valence-electron chi connectivity index (χ3n) is 6.59. The highest BCUT2D eigenvalue weighted by Gasteiger charge is 2.30. The highest BCUT2D eigenvalue weighted by molar-refractivity contribution is 5.99. The molecule has 1 amide bonds. The number of nitrogens with one attached hydrogen (secondary N) is 2. The Morgan fingerprint density at radius 2 is 1.84 bits per heavy atom. The van der Waals surface area contributed by atoms with Gasteiger partial charge in [0.1, 0.15) is 5.52 Å². The smallest absolute Gasteiger partial charge is 0.335 e. The van der Waals surface area contributed by atoms with Gasteiger partial charge in [0.05, 0.1) is 25.1 Å². The van der Waals surface area contributed by atoms with Crippen LogP contribution in [0.5, 0.6) is 0 Å². The molecule has 2 N–H and O–H groups in total. The summed E-state index contributed by atoms with van der Waals surface area (Å²) in [5, 5.41) is 6.01. The molecule has 1 saturated heterocycles. The van der Waals surface area contributed by atoms with Crippen LogP contribution >= 0.6 is 0 Å². The number of benzene rings is 2. The van der Waals surface area contributed by atoms with E-state index in [1.165, 1.54) is 6.08 Å². The molecule has 0 bridgehead atoms. The molecule has 1 aliphatic carbocycles. The molecule has 188 valence electrons. The Balaban J connectivity index is 1.35. The zero-order chi connectivity index (χ0) is 25.4. The van der Waals surface area contributed by atoms with Crippen LogP contribution in [0.4, 0.5) is 23.0 Å². The van der Waals surface area contributed by atoms with Crippen LogP contribution in [0.3, 0.4) is 0 Å². The van der Waals surface area contributed by atoms with Crippen LogP contribution in [0.15, 0.2) is 72.2 Å². The minimum atomic E-state index is -0.321. The number of imidazole rings is 1. The van der Waals surface area contributed by atoms with Crippen LogP contribution < -0.4 is 21.2 Å². The molecule has 0 radical (unpaired) electrons. The Labute approximate surface area is 213 Å². The molecule has 0 atom stereocenters. The van der Waals surface area contributed by atoms with E-state index in [0.29, 0.717) is 28.5 Å². The molecule has 0 spiro atoms. The van der Waals surface area contributed by atoms with Gasteiger partial charge in [-0.3, -0.25) is 9.36 Å². The fraction of sp³-hybridized carbons (Fsp3) is 0.259. The van der Waals surface area contributed by atoms with Gasteiger partial charge in [0.2, 0.25) is 11.9 Å². The van der Waals surface area contributed by atoms with Crippen molar-refractivity contribution in [2.24, 2.45) is 0 Å². The van der Waals surface area contributed by atoms with Gasteiger partial charge in [-0.2, -0.15) is 4.98 Å². The summed E-state index contributed by atoms with van der Waals surface area (Å²) in [6.07, 6.45) is 4.80. The summed E-state index contributed by atoms with van der Waals surface area (Å²) in [5.74, 6) is 0.0720. The number of anilines is 4. The number of hydrogen-bond donors (Lipinski definition) is 2. The molecule has 2 fully saturated rings. The number of nitrogens with zero attached hydrogens (tertiary/aromatic N) is 5. The van der Waals surface area contributed by atoms with Crippen LogP contribution in [0.1, 0.15) is 18.9 Å². The molecule has 2 aliphatic rings. The average Bonchev–Trinajstić information content (AvgIpc) is 3.72. The summed E-state index contributed by atoms with van der Waals surface area (Å²) in [5.41, 5.74) is 4.17. The molecule has 2 aromatic heterocycles. The Bertz CT molecular complexity index is 1530. The Morgan fingerprint density at radius 3 is 2.57 bits per heavy atom. The lowest BCUT2D eigenvalue weighted by Crippen LogP contribution is -2.36. The zero-order valence-electron chi connectivity index (χ0n) is 20.3. The van der Waals surface area contributed by atoms with Crippen molar-refractivity contribution in [3.8, 4) is 5.69 Å². The van der Waals surface area contributed by atoms with E-state index in [2.05, 4.69) is 39.2 Å². The van der Waals surface area contributed by atoms with Gasteiger partial charge < -0.3 is 20.3 Å². The van der Waals surface area contributed by atoms with Gasteiger partial charge >= 0.3 is 5.69 Å². The van der Waals surface area contributed by atoms with Crippen molar-refractivity contribution in [1.82, 2.24) is 19.1 Å². The lowest BCUT2D eigenvalue weighted by molar-refractivity contribution is -0.111. The molecule has 3 heterocycles. The van der Waals surface area contributed by atoms with E-state index >= 15 is 0 Å². The van der Waals surface area contributed by atoms with Crippen LogP contribution in [-0.4, -0.2) is 51.3 Å². The van der Waals surface area contributed by atoms with Gasteiger partial charge in [-0.15, -0.1) is 0 Å². The number of morpholine rings is 1. The minimum Gasteiger partial charge on any atom is -0.378 e. The molecule has 1 saturated carbocycles. The Kier molecular flexibility index (Phi) is 5.93. The maximum absolute atomic E-state index is 13.5. The van der Waals surface area contributed by atoms with Crippen molar-refractivity contribution in [1.29, 1.82) is 0 Å². The number of hydrogen-bond acceptors (Lipinski definition) is 7. The molecule has 37 heavy (non-hydrogen) atoms. The summed E-state index contributed by atoms with van der Waals surface area (Å²) >= 11 is 0. The third kappa shape index (κ3) is 4.58. The largest absolute Gasteiger partial charge is 0.378 e. The molecule has 2 aromatic carbocycles. The van der Waals surface area contributed by atoms with Gasteiger partial charge in [0.25, 0.3) is 0 Å². The number of fused-ring (bicyclic) bond motifs is 1. The molecule has 1 aliphatic heterocycles. The second-order valence-corrected chi connectivity index (χ2v) is 9.14. The Morgan fingerprint density at radius 1 is 1.05 bits per heavy atom. The second kappa shape index (κ2) is 9.55. The molecular formula is C27H27N7O3. The average molecular weight is 498 g/mol. The van der Waals surface area contributed by atoms with Gasteiger partial charge in [-0.25, -0.2) is 14.3 Å². The van der Waals surface area contributed by atoms with Crippen LogP contribution in [0.2, 0.25) is 0 Å². The molecule has 4 aromatic rings. The normalized spacial score (nSPS) is 15.5. The number of amides is 1. The molecule has 0 unspecified atom stereocenters. The van der Waals surface area contributed by atoms with Crippen LogP contribution in [-0.2, 0) is 9.53 Å². The first-order valence-electron chi connectivity index (χ1n) is 12.3. The maximum atomic E-state index is 13.5. The first-order chi connectivity index (χ1) is 18.1. The summed E-state index contributed by atoms with van der Waals surface area (Å²) in [4.78, 5) is 36.9. The molecule has 10 heteroatoms. The highest BCUT2D eigenvalue weighted by atomic mass is 16.5. The minimum absolute atomic E-state index is 0.148. The lowest BCUT2D eigenvalue weighted by atomic mass is 10.2. The van der Waals surface area contributed by atoms with Crippen molar-refractivity contribution in [3.63, 3.8) is 0 Å². The Hall–Kier alpha value is -4.44. The van der Waals surface area contributed by atoms with E-state index in [9.17, 15) is 9.59 Å². The number of ether oxygens (including phenoxy) is 1. The highest BCUT2D eigenvalue weighted by Crippen LogP contribution is 2.36. The number of carbonyl (C=O) groups is 1. The van der Waals surface area contributed by atoms with Crippen LogP contribution in [0.25, 0.3) is 16.9 Å². The van der Waals surface area contributed by atoms with Gasteiger partial charge in [0.15, 0.2) is 5.65 Å². The molecule has 10 nitrogen and oxygen atoms in total. The van der Waals surface area contributed by atoms with Crippen molar-refractivity contribution in [3.05, 3.63) is 77.9 Å². The lowest BCUT2D eigenvalue weighted by Gasteiger charge is -2.28. The topological polar surface area (TPSA) is 106 Å². The predicted molar refractivity (Wildman–Crippen MR) is 143 cm³/mol. The van der Waals surface area contributed by atoms with Gasteiger partial charge in [-0.1, -0.05) is 12.6 Å². The van der Waals surface area contributed by atoms with Crippen molar-refractivity contribution in [2.75, 3.05) is 41.8 Å². The van der Waals surface area contributed by atoms with Crippen molar-refractivity contribution >= 4 is 40.1 Å². The third-order valence-corrected chi connectivity index (χ3v) is 6.59. The molecule has 6 rings (SSSR count). The maximum Gasteiger partial charge on any atom is 0.335 e. The van der Waals surface area contributed by atoms with Crippen LogP contribution in [0, 0.1) is 0 Å². The number of rotatable bonds is 7. The summed E-state index contributed by atoms with van der Waals surface area (Å²) in [6, 6.07) is 15.4. The van der Waals surface area contributed by atoms with Gasteiger partial charge in [-0.05, 0) is 61.4 Å². The SMILES string of the molecule is C=CC(=O)Nc1cccc(-n2c(=O)n(C3CC3)c3cnc(Nc4ccc(N5CCOCC5)cc4)nc32)c1. The quantitative estimate of drug-likeness (QED) is 0.376.